The van der Waals surface area contributed by atoms with Gasteiger partial charge >= 0.3 is 0 Å². The molecular weight excluding hydrogens is 530 g/mol. The van der Waals surface area contributed by atoms with Gasteiger partial charge in [0.1, 0.15) is 0 Å². The zero-order chi connectivity index (χ0) is 26.4. The standard InChI is InChI=1S/C36H27ClP2/c37-33-25-15-27-35(39(30-20-9-3-10-21-30)31-22-11-4-12-23-31)36(33)32-24-13-14-26-34(32)38(28-16-5-1-6-17-28)29-18-7-2-8-19-29/h1-27H. The minimum atomic E-state index is -0.824. The summed E-state index contributed by atoms with van der Waals surface area (Å²) in [6, 6.07) is 58.7. The predicted molar refractivity (Wildman–Crippen MR) is 174 cm³/mol. The largest absolute Gasteiger partial charge is 0.0836 e. The molecule has 0 unspecified atom stereocenters. The molecule has 0 aliphatic heterocycles. The maximum atomic E-state index is 7.17. The maximum absolute atomic E-state index is 7.17. The third-order valence-electron chi connectivity index (χ3n) is 6.70. The van der Waals surface area contributed by atoms with Crippen molar-refractivity contribution in [1.29, 1.82) is 0 Å². The Labute approximate surface area is 238 Å². The predicted octanol–water partition coefficient (Wildman–Crippen LogP) is 7.52. The third kappa shape index (κ3) is 5.48. The summed E-state index contributed by atoms with van der Waals surface area (Å²) in [5.74, 6) is 0. The Morgan fingerprint density at radius 3 is 1.15 bits per heavy atom. The summed E-state index contributed by atoms with van der Waals surface area (Å²) in [7, 11) is -1.62. The van der Waals surface area contributed by atoms with E-state index in [0.717, 1.165) is 10.6 Å². The number of benzene rings is 6. The average molecular weight is 557 g/mol. The van der Waals surface area contributed by atoms with E-state index in [-0.39, 0.29) is 0 Å². The van der Waals surface area contributed by atoms with Crippen molar-refractivity contribution in [3.8, 4) is 11.1 Å². The highest BCUT2D eigenvalue weighted by Gasteiger charge is 2.26. The first-order valence-corrected chi connectivity index (χ1v) is 16.1. The van der Waals surface area contributed by atoms with Crippen molar-refractivity contribution in [1.82, 2.24) is 0 Å². The van der Waals surface area contributed by atoms with E-state index in [1.54, 1.807) is 0 Å². The van der Waals surface area contributed by atoms with Crippen molar-refractivity contribution in [3.05, 3.63) is 169 Å². The first-order chi connectivity index (χ1) is 19.3. The summed E-state index contributed by atoms with van der Waals surface area (Å²) in [6.07, 6.45) is 0. The molecule has 0 fully saturated rings. The fraction of sp³-hybridized carbons (Fsp3) is 0. The van der Waals surface area contributed by atoms with Crippen molar-refractivity contribution in [2.45, 2.75) is 0 Å². The van der Waals surface area contributed by atoms with Gasteiger partial charge in [-0.05, 0) is 59.3 Å². The van der Waals surface area contributed by atoms with Gasteiger partial charge in [0, 0.05) is 10.6 Å². The summed E-state index contributed by atoms with van der Waals surface area (Å²) in [6.45, 7) is 0. The third-order valence-corrected chi connectivity index (χ3v) is 12.0. The first-order valence-electron chi connectivity index (χ1n) is 13.0. The lowest BCUT2D eigenvalue weighted by atomic mass is 10.1. The van der Waals surface area contributed by atoms with Gasteiger partial charge in [-0.25, -0.2) is 0 Å². The van der Waals surface area contributed by atoms with E-state index in [2.05, 4.69) is 158 Å². The quantitative estimate of drug-likeness (QED) is 0.178. The van der Waals surface area contributed by atoms with Crippen molar-refractivity contribution in [2.75, 3.05) is 0 Å². The van der Waals surface area contributed by atoms with Gasteiger partial charge in [0.2, 0.25) is 0 Å². The van der Waals surface area contributed by atoms with Gasteiger partial charge in [-0.15, -0.1) is 0 Å². The molecule has 0 aliphatic rings. The lowest BCUT2D eigenvalue weighted by molar-refractivity contribution is 1.67. The van der Waals surface area contributed by atoms with E-state index in [1.807, 2.05) is 6.07 Å². The van der Waals surface area contributed by atoms with Crippen LogP contribution >= 0.6 is 27.4 Å². The molecule has 3 heteroatoms. The molecule has 0 atom stereocenters. The Balaban J connectivity index is 1.61. The summed E-state index contributed by atoms with van der Waals surface area (Å²) in [4.78, 5) is 0. The smallest absolute Gasteiger partial charge is 0.0491 e. The summed E-state index contributed by atoms with van der Waals surface area (Å²) in [5.41, 5.74) is 2.34. The molecule has 0 aliphatic carbocycles. The topological polar surface area (TPSA) is 0 Å². The van der Waals surface area contributed by atoms with E-state index in [4.69, 9.17) is 11.6 Å². The SMILES string of the molecule is Clc1cccc(P(c2ccccc2)c2ccccc2)c1-c1ccccc1P(c1ccccc1)c1ccccc1. The van der Waals surface area contributed by atoms with Crippen LogP contribution in [0.2, 0.25) is 5.02 Å². The van der Waals surface area contributed by atoms with Gasteiger partial charge in [-0.3, -0.25) is 0 Å². The zero-order valence-corrected chi connectivity index (χ0v) is 23.9. The molecular formula is C36H27ClP2. The van der Waals surface area contributed by atoms with E-state index in [0.29, 0.717) is 0 Å². The van der Waals surface area contributed by atoms with Crippen LogP contribution in [0.4, 0.5) is 0 Å². The van der Waals surface area contributed by atoms with Crippen molar-refractivity contribution in [2.24, 2.45) is 0 Å². The molecule has 6 aromatic carbocycles. The monoisotopic (exact) mass is 556 g/mol. The number of rotatable bonds is 7. The van der Waals surface area contributed by atoms with Crippen LogP contribution in [0.3, 0.4) is 0 Å². The normalized spacial score (nSPS) is 11.2. The molecule has 0 radical (unpaired) electrons. The highest BCUT2D eigenvalue weighted by atomic mass is 35.5. The molecule has 0 nitrogen and oxygen atoms in total. The van der Waals surface area contributed by atoms with E-state index in [9.17, 15) is 0 Å². The molecule has 0 aromatic heterocycles. The Morgan fingerprint density at radius 2 is 0.692 bits per heavy atom. The molecule has 0 saturated heterocycles. The highest BCUT2D eigenvalue weighted by molar-refractivity contribution is 7.80. The van der Waals surface area contributed by atoms with Crippen LogP contribution in [0, 0.1) is 0 Å². The van der Waals surface area contributed by atoms with Crippen molar-refractivity contribution >= 4 is 59.3 Å². The van der Waals surface area contributed by atoms with Gasteiger partial charge in [0.25, 0.3) is 0 Å². The van der Waals surface area contributed by atoms with Crippen LogP contribution in [0.15, 0.2) is 164 Å². The minimum absolute atomic E-state index is 0.787. The van der Waals surface area contributed by atoms with Gasteiger partial charge in [0.05, 0.1) is 0 Å². The van der Waals surface area contributed by atoms with Gasteiger partial charge < -0.3 is 0 Å². The molecule has 6 rings (SSSR count). The zero-order valence-electron chi connectivity index (χ0n) is 21.4. The second kappa shape index (κ2) is 12.1. The number of halogens is 1. The molecule has 0 N–H and O–H groups in total. The molecule has 0 saturated carbocycles. The molecule has 39 heavy (non-hydrogen) atoms. The van der Waals surface area contributed by atoms with Crippen LogP contribution in [0.25, 0.3) is 11.1 Å². The summed E-state index contributed by atoms with van der Waals surface area (Å²) < 4.78 is 0. The van der Waals surface area contributed by atoms with Gasteiger partial charge in [-0.2, -0.15) is 0 Å². The minimum Gasteiger partial charge on any atom is -0.0836 e. The maximum Gasteiger partial charge on any atom is 0.0491 e. The molecule has 0 amide bonds. The van der Waals surface area contributed by atoms with Crippen LogP contribution in [0.5, 0.6) is 0 Å². The lowest BCUT2D eigenvalue weighted by Gasteiger charge is -2.27. The number of hydrogen-bond acceptors (Lipinski definition) is 0. The molecule has 188 valence electrons. The van der Waals surface area contributed by atoms with Crippen LogP contribution in [-0.2, 0) is 0 Å². The van der Waals surface area contributed by atoms with E-state index < -0.39 is 15.8 Å². The second-order valence-corrected chi connectivity index (χ2v) is 13.9. The molecule has 0 heterocycles. The van der Waals surface area contributed by atoms with Crippen molar-refractivity contribution < 1.29 is 0 Å². The lowest BCUT2D eigenvalue weighted by Crippen LogP contribution is -2.25. The molecule has 0 bridgehead atoms. The highest BCUT2D eigenvalue weighted by Crippen LogP contribution is 2.43. The Bertz CT molecular complexity index is 1570. The van der Waals surface area contributed by atoms with Crippen LogP contribution in [-0.4, -0.2) is 0 Å². The van der Waals surface area contributed by atoms with Crippen LogP contribution < -0.4 is 31.8 Å². The summed E-state index contributed by atoms with van der Waals surface area (Å²) >= 11 is 7.17. The molecule has 6 aromatic rings. The molecule has 0 spiro atoms. The van der Waals surface area contributed by atoms with Gasteiger partial charge in [0.15, 0.2) is 0 Å². The fourth-order valence-corrected chi connectivity index (χ4v) is 10.3. The van der Waals surface area contributed by atoms with E-state index >= 15 is 0 Å². The second-order valence-electron chi connectivity index (χ2n) is 9.16. The first kappa shape index (κ1) is 25.7. The van der Waals surface area contributed by atoms with Crippen LogP contribution in [0.1, 0.15) is 0 Å². The summed E-state index contributed by atoms with van der Waals surface area (Å²) in [5, 5.41) is 8.66. The fourth-order valence-electron chi connectivity index (χ4n) is 5.01. The van der Waals surface area contributed by atoms with Crippen molar-refractivity contribution in [3.63, 3.8) is 0 Å². The van der Waals surface area contributed by atoms with Gasteiger partial charge in [-0.1, -0.05) is 169 Å². The Kier molecular flexibility index (Phi) is 7.99. The number of hydrogen-bond donors (Lipinski definition) is 0. The Hall–Kier alpha value is -3.53. The van der Waals surface area contributed by atoms with E-state index in [1.165, 1.54) is 37.4 Å². The Morgan fingerprint density at radius 1 is 0.333 bits per heavy atom. The average Bonchev–Trinajstić information content (AvgIpc) is 3.00.